The van der Waals surface area contributed by atoms with Gasteiger partial charge in [0.2, 0.25) is 10.0 Å². The number of hydrogen-bond donors (Lipinski definition) is 1. The Balaban J connectivity index is 1.95. The zero-order valence-corrected chi connectivity index (χ0v) is 14.9. The molecule has 0 fully saturated rings. The molecule has 26 heavy (non-hydrogen) atoms. The molecule has 0 spiro atoms. The summed E-state index contributed by atoms with van der Waals surface area (Å²) >= 11 is 0. The van der Waals surface area contributed by atoms with Crippen molar-refractivity contribution in [2.75, 3.05) is 6.61 Å². The number of nitrogens with zero attached hydrogens (tertiary/aromatic N) is 1. The summed E-state index contributed by atoms with van der Waals surface area (Å²) in [7, 11) is -3.61. The first-order chi connectivity index (χ1) is 12.3. The van der Waals surface area contributed by atoms with Crippen LogP contribution < -0.4 is 4.72 Å². The lowest BCUT2D eigenvalue weighted by Gasteiger charge is -2.08. The molecule has 2 aromatic rings. The third kappa shape index (κ3) is 5.64. The molecular formula is C17H18N2O6S. The molecule has 0 amide bonds. The molecule has 0 unspecified atom stereocenters. The van der Waals surface area contributed by atoms with Crippen molar-refractivity contribution in [3.05, 3.63) is 75.3 Å². The van der Waals surface area contributed by atoms with Crippen LogP contribution in [0.1, 0.15) is 28.4 Å². The summed E-state index contributed by atoms with van der Waals surface area (Å²) in [5, 5.41) is 10.6. The Hall–Kier alpha value is -2.78. The Morgan fingerprint density at radius 1 is 1.08 bits per heavy atom. The van der Waals surface area contributed by atoms with E-state index in [0.29, 0.717) is 16.7 Å². The number of benzene rings is 2. The van der Waals surface area contributed by atoms with Gasteiger partial charge in [0.1, 0.15) is 0 Å². The van der Waals surface area contributed by atoms with Crippen molar-refractivity contribution in [3.8, 4) is 0 Å². The first-order valence-corrected chi connectivity index (χ1v) is 9.42. The molecule has 0 aliphatic carbocycles. The number of hydrogen-bond acceptors (Lipinski definition) is 6. The second kappa shape index (κ2) is 8.54. The van der Waals surface area contributed by atoms with Gasteiger partial charge >= 0.3 is 5.97 Å². The van der Waals surface area contributed by atoms with Gasteiger partial charge in [-0.3, -0.25) is 10.1 Å². The second-order valence-corrected chi connectivity index (χ2v) is 7.23. The van der Waals surface area contributed by atoms with Crippen LogP contribution in [-0.2, 0) is 27.1 Å². The fraction of sp³-hybridized carbons (Fsp3) is 0.235. The van der Waals surface area contributed by atoms with Gasteiger partial charge in [-0.05, 0) is 30.2 Å². The van der Waals surface area contributed by atoms with E-state index in [1.54, 1.807) is 31.2 Å². The van der Waals surface area contributed by atoms with Crippen LogP contribution in [0.5, 0.6) is 0 Å². The van der Waals surface area contributed by atoms with Gasteiger partial charge in [0, 0.05) is 18.7 Å². The van der Waals surface area contributed by atoms with Gasteiger partial charge < -0.3 is 4.74 Å². The van der Waals surface area contributed by atoms with Crippen LogP contribution in [-0.4, -0.2) is 25.9 Å². The number of carbonyl (C=O) groups is 1. The highest BCUT2D eigenvalue weighted by Gasteiger charge is 2.13. The fourth-order valence-corrected chi connectivity index (χ4v) is 3.27. The van der Waals surface area contributed by atoms with E-state index in [9.17, 15) is 23.3 Å². The maximum Gasteiger partial charge on any atom is 0.338 e. The van der Waals surface area contributed by atoms with Crippen LogP contribution in [0.4, 0.5) is 5.69 Å². The maximum atomic E-state index is 12.1. The lowest BCUT2D eigenvalue weighted by Crippen LogP contribution is -2.24. The predicted octanol–water partition coefficient (Wildman–Crippen LogP) is 2.39. The molecule has 0 aliphatic heterocycles. The summed E-state index contributed by atoms with van der Waals surface area (Å²) in [6, 6.07) is 11.8. The third-order valence-corrected chi connectivity index (χ3v) is 4.76. The zero-order chi connectivity index (χ0) is 19.2. The zero-order valence-electron chi connectivity index (χ0n) is 14.0. The molecule has 9 heteroatoms. The molecule has 2 rings (SSSR count). The Morgan fingerprint density at radius 3 is 2.19 bits per heavy atom. The van der Waals surface area contributed by atoms with Gasteiger partial charge in [-0.1, -0.05) is 24.3 Å². The normalized spacial score (nSPS) is 11.1. The molecule has 0 atom stereocenters. The van der Waals surface area contributed by atoms with Crippen molar-refractivity contribution in [1.29, 1.82) is 0 Å². The fourth-order valence-electron chi connectivity index (χ4n) is 2.15. The summed E-state index contributed by atoms with van der Waals surface area (Å²) in [6.07, 6.45) is 0. The quantitative estimate of drug-likeness (QED) is 0.428. The molecule has 0 heterocycles. The number of rotatable bonds is 8. The highest BCUT2D eigenvalue weighted by molar-refractivity contribution is 7.88. The largest absolute Gasteiger partial charge is 0.462 e. The molecule has 0 radical (unpaired) electrons. The monoisotopic (exact) mass is 378 g/mol. The van der Waals surface area contributed by atoms with Gasteiger partial charge in [-0.25, -0.2) is 17.9 Å². The van der Waals surface area contributed by atoms with Crippen molar-refractivity contribution in [2.24, 2.45) is 0 Å². The molecule has 2 aromatic carbocycles. The van der Waals surface area contributed by atoms with Crippen molar-refractivity contribution in [1.82, 2.24) is 4.72 Å². The molecule has 0 bridgehead atoms. The van der Waals surface area contributed by atoms with Crippen molar-refractivity contribution in [3.63, 3.8) is 0 Å². The SMILES string of the molecule is CCOC(=O)c1ccc(CNS(=O)(=O)Cc2ccc([N+](=O)[O-])cc2)cc1. The van der Waals surface area contributed by atoms with Gasteiger partial charge in [-0.15, -0.1) is 0 Å². The van der Waals surface area contributed by atoms with E-state index in [2.05, 4.69) is 4.72 Å². The van der Waals surface area contributed by atoms with Gasteiger partial charge in [0.05, 0.1) is 22.8 Å². The molecule has 1 N–H and O–H groups in total. The van der Waals surface area contributed by atoms with Gasteiger partial charge in [0.15, 0.2) is 0 Å². The molecule has 0 saturated carbocycles. The van der Waals surface area contributed by atoms with Crippen LogP contribution >= 0.6 is 0 Å². The van der Waals surface area contributed by atoms with Crippen molar-refractivity contribution in [2.45, 2.75) is 19.2 Å². The lowest BCUT2D eigenvalue weighted by molar-refractivity contribution is -0.384. The average molecular weight is 378 g/mol. The number of carbonyl (C=O) groups excluding carboxylic acids is 1. The molecule has 8 nitrogen and oxygen atoms in total. The average Bonchev–Trinajstić information content (AvgIpc) is 2.61. The summed E-state index contributed by atoms with van der Waals surface area (Å²) in [5.41, 5.74) is 1.43. The van der Waals surface area contributed by atoms with E-state index in [-0.39, 0.29) is 24.6 Å². The first-order valence-electron chi connectivity index (χ1n) is 7.77. The number of sulfonamides is 1. The Morgan fingerprint density at radius 2 is 1.65 bits per heavy atom. The minimum Gasteiger partial charge on any atom is -0.462 e. The molecule has 0 aliphatic rings. The van der Waals surface area contributed by atoms with Crippen LogP contribution in [0, 0.1) is 10.1 Å². The smallest absolute Gasteiger partial charge is 0.338 e. The van der Waals surface area contributed by atoms with Crippen molar-refractivity contribution < 1.29 is 22.9 Å². The van der Waals surface area contributed by atoms with Crippen molar-refractivity contribution >= 4 is 21.7 Å². The second-order valence-electron chi connectivity index (χ2n) is 5.42. The van der Waals surface area contributed by atoms with E-state index >= 15 is 0 Å². The minimum absolute atomic E-state index is 0.0679. The Kier molecular flexibility index (Phi) is 6.42. The summed E-state index contributed by atoms with van der Waals surface area (Å²) < 4.78 is 31.6. The summed E-state index contributed by atoms with van der Waals surface area (Å²) in [6.45, 7) is 2.06. The van der Waals surface area contributed by atoms with Crippen LogP contribution in [0.3, 0.4) is 0 Å². The number of nitro groups is 1. The van der Waals surface area contributed by atoms with Gasteiger partial charge in [0.25, 0.3) is 5.69 Å². The predicted molar refractivity (Wildman–Crippen MR) is 95.0 cm³/mol. The number of esters is 1. The molecule has 138 valence electrons. The topological polar surface area (TPSA) is 116 Å². The van der Waals surface area contributed by atoms with E-state index < -0.39 is 20.9 Å². The number of ether oxygens (including phenoxy) is 1. The highest BCUT2D eigenvalue weighted by Crippen LogP contribution is 2.14. The number of nitrogens with one attached hydrogen (secondary N) is 1. The Labute approximate surface area is 151 Å². The first kappa shape index (κ1) is 19.5. The number of non-ortho nitro benzene ring substituents is 1. The van der Waals surface area contributed by atoms with Crippen LogP contribution in [0.2, 0.25) is 0 Å². The lowest BCUT2D eigenvalue weighted by atomic mass is 10.1. The van der Waals surface area contributed by atoms with E-state index in [1.165, 1.54) is 24.3 Å². The van der Waals surface area contributed by atoms with E-state index in [4.69, 9.17) is 4.74 Å². The standard InChI is InChI=1S/C17H18N2O6S/c1-2-25-17(20)15-7-3-13(4-8-15)11-18-26(23,24)12-14-5-9-16(10-6-14)19(21)22/h3-10,18H,2,11-12H2,1H3. The van der Waals surface area contributed by atoms with Crippen LogP contribution in [0.15, 0.2) is 48.5 Å². The van der Waals surface area contributed by atoms with Crippen LogP contribution in [0.25, 0.3) is 0 Å². The molecule has 0 aromatic heterocycles. The number of nitro benzene ring substituents is 1. The van der Waals surface area contributed by atoms with E-state index in [1.807, 2.05) is 0 Å². The Bertz CT molecular complexity index is 876. The minimum atomic E-state index is -3.61. The van der Waals surface area contributed by atoms with Gasteiger partial charge in [-0.2, -0.15) is 0 Å². The molecule has 0 saturated heterocycles. The molecular weight excluding hydrogens is 360 g/mol. The van der Waals surface area contributed by atoms with E-state index in [0.717, 1.165) is 0 Å². The summed E-state index contributed by atoms with van der Waals surface area (Å²) in [5.74, 6) is -0.718. The summed E-state index contributed by atoms with van der Waals surface area (Å²) in [4.78, 5) is 21.6. The third-order valence-electron chi connectivity index (χ3n) is 3.47. The highest BCUT2D eigenvalue weighted by atomic mass is 32.2. The maximum absolute atomic E-state index is 12.1.